The van der Waals surface area contributed by atoms with Crippen molar-refractivity contribution in [3.63, 3.8) is 0 Å². The van der Waals surface area contributed by atoms with E-state index in [2.05, 4.69) is 43.4 Å². The lowest BCUT2D eigenvalue weighted by molar-refractivity contribution is 0.457. The summed E-state index contributed by atoms with van der Waals surface area (Å²) in [6.45, 7) is 5.25. The van der Waals surface area contributed by atoms with Gasteiger partial charge in [0.05, 0.1) is 0 Å². The van der Waals surface area contributed by atoms with Crippen molar-refractivity contribution in [2.24, 2.45) is 0 Å². The molecule has 0 aromatic heterocycles. The van der Waals surface area contributed by atoms with E-state index in [0.717, 1.165) is 18.5 Å². The van der Waals surface area contributed by atoms with Crippen LogP contribution in [0.15, 0.2) is 54.6 Å². The lowest BCUT2D eigenvalue weighted by Gasteiger charge is -2.25. The zero-order chi connectivity index (χ0) is 14.4. The Kier molecular flexibility index (Phi) is 5.31. The van der Waals surface area contributed by atoms with Gasteiger partial charge in [-0.2, -0.15) is 0 Å². The van der Waals surface area contributed by atoms with Gasteiger partial charge in [0.2, 0.25) is 0 Å². The summed E-state index contributed by atoms with van der Waals surface area (Å²) >= 11 is 0. The Labute approximate surface area is 120 Å². The Bertz CT molecular complexity index is 524. The highest BCUT2D eigenvalue weighted by Gasteiger charge is 2.18. The van der Waals surface area contributed by atoms with Gasteiger partial charge in [0.15, 0.2) is 0 Å². The monoisotopic (exact) mass is 271 g/mol. The van der Waals surface area contributed by atoms with E-state index < -0.39 is 0 Å². The van der Waals surface area contributed by atoms with Crippen LogP contribution in [0.1, 0.15) is 30.9 Å². The first-order valence-corrected chi connectivity index (χ1v) is 7.23. The van der Waals surface area contributed by atoms with E-state index in [-0.39, 0.29) is 5.82 Å². The van der Waals surface area contributed by atoms with Crippen LogP contribution in [-0.4, -0.2) is 12.6 Å². The maximum Gasteiger partial charge on any atom is 0.123 e. The largest absolute Gasteiger partial charge is 0.313 e. The van der Waals surface area contributed by atoms with Crippen molar-refractivity contribution in [1.29, 1.82) is 0 Å². The zero-order valence-electron chi connectivity index (χ0n) is 12.1. The lowest BCUT2D eigenvalue weighted by Crippen LogP contribution is -2.35. The summed E-state index contributed by atoms with van der Waals surface area (Å²) in [6.07, 6.45) is 0.835. The van der Waals surface area contributed by atoms with Crippen molar-refractivity contribution in [3.05, 3.63) is 71.5 Å². The Morgan fingerprint density at radius 3 is 2.45 bits per heavy atom. The van der Waals surface area contributed by atoms with Crippen LogP contribution in [0.4, 0.5) is 4.39 Å². The van der Waals surface area contributed by atoms with Gasteiger partial charge in [-0.05, 0) is 42.1 Å². The van der Waals surface area contributed by atoms with E-state index in [9.17, 15) is 4.39 Å². The van der Waals surface area contributed by atoms with Crippen LogP contribution in [0.3, 0.4) is 0 Å². The summed E-state index contributed by atoms with van der Waals surface area (Å²) < 4.78 is 13.3. The fraction of sp³-hybridized carbons (Fsp3) is 0.333. The smallest absolute Gasteiger partial charge is 0.123 e. The van der Waals surface area contributed by atoms with Crippen molar-refractivity contribution in [2.75, 3.05) is 6.54 Å². The van der Waals surface area contributed by atoms with Gasteiger partial charge < -0.3 is 5.32 Å². The Morgan fingerprint density at radius 2 is 1.80 bits per heavy atom. The minimum absolute atomic E-state index is 0.162. The molecule has 2 atom stereocenters. The fourth-order valence-electron chi connectivity index (χ4n) is 2.59. The molecule has 0 aliphatic rings. The van der Waals surface area contributed by atoms with E-state index in [1.165, 1.54) is 11.6 Å². The highest BCUT2D eigenvalue weighted by molar-refractivity contribution is 5.23. The third-order valence-electron chi connectivity index (χ3n) is 3.74. The highest BCUT2D eigenvalue weighted by atomic mass is 19.1. The van der Waals surface area contributed by atoms with E-state index in [0.29, 0.717) is 12.0 Å². The quantitative estimate of drug-likeness (QED) is 0.832. The molecule has 0 aliphatic carbocycles. The molecular formula is C18H22FN. The first kappa shape index (κ1) is 14.7. The molecule has 2 rings (SSSR count). The van der Waals surface area contributed by atoms with E-state index >= 15 is 0 Å². The van der Waals surface area contributed by atoms with Crippen LogP contribution < -0.4 is 5.32 Å². The molecule has 0 aliphatic heterocycles. The second kappa shape index (κ2) is 7.20. The maximum absolute atomic E-state index is 13.3. The molecule has 0 spiro atoms. The summed E-state index contributed by atoms with van der Waals surface area (Å²) in [5.41, 5.74) is 2.36. The average Bonchev–Trinajstić information content (AvgIpc) is 2.47. The topological polar surface area (TPSA) is 12.0 Å². The van der Waals surface area contributed by atoms with Gasteiger partial charge >= 0.3 is 0 Å². The van der Waals surface area contributed by atoms with Gasteiger partial charge in [-0.15, -0.1) is 0 Å². The van der Waals surface area contributed by atoms with E-state index in [1.807, 2.05) is 12.1 Å². The van der Waals surface area contributed by atoms with Crippen molar-refractivity contribution in [3.8, 4) is 0 Å². The molecule has 106 valence electrons. The summed E-state index contributed by atoms with van der Waals surface area (Å²) in [5, 5.41) is 3.53. The van der Waals surface area contributed by atoms with Gasteiger partial charge in [-0.25, -0.2) is 4.39 Å². The van der Waals surface area contributed by atoms with Crippen molar-refractivity contribution in [1.82, 2.24) is 5.32 Å². The van der Waals surface area contributed by atoms with Gasteiger partial charge in [-0.3, -0.25) is 0 Å². The van der Waals surface area contributed by atoms with Crippen LogP contribution in [0.5, 0.6) is 0 Å². The number of halogens is 1. The molecule has 2 aromatic rings. The lowest BCUT2D eigenvalue weighted by atomic mass is 9.89. The molecule has 0 bridgehead atoms. The van der Waals surface area contributed by atoms with Gasteiger partial charge in [0, 0.05) is 6.04 Å². The number of benzene rings is 2. The number of hydrogen-bond donors (Lipinski definition) is 1. The average molecular weight is 271 g/mol. The molecule has 0 radical (unpaired) electrons. The van der Waals surface area contributed by atoms with Crippen LogP contribution in [0, 0.1) is 5.82 Å². The number of nitrogens with one attached hydrogen (secondary N) is 1. The predicted octanol–water partition coefficient (Wildman–Crippen LogP) is 4.15. The zero-order valence-corrected chi connectivity index (χ0v) is 12.1. The molecule has 0 saturated heterocycles. The first-order valence-electron chi connectivity index (χ1n) is 7.23. The molecule has 2 heteroatoms. The minimum Gasteiger partial charge on any atom is -0.313 e. The molecule has 0 heterocycles. The summed E-state index contributed by atoms with van der Waals surface area (Å²) in [6, 6.07) is 17.7. The van der Waals surface area contributed by atoms with E-state index in [1.54, 1.807) is 12.1 Å². The third-order valence-corrected chi connectivity index (χ3v) is 3.74. The van der Waals surface area contributed by atoms with Gasteiger partial charge in [0.25, 0.3) is 0 Å². The second-order valence-corrected chi connectivity index (χ2v) is 5.20. The Morgan fingerprint density at radius 1 is 1.05 bits per heavy atom. The molecular weight excluding hydrogens is 249 g/mol. The molecule has 0 saturated carbocycles. The van der Waals surface area contributed by atoms with Crippen LogP contribution in [-0.2, 0) is 6.42 Å². The second-order valence-electron chi connectivity index (χ2n) is 5.20. The van der Waals surface area contributed by atoms with Crippen LogP contribution in [0.25, 0.3) is 0 Å². The summed E-state index contributed by atoms with van der Waals surface area (Å²) in [5.74, 6) is 0.226. The SMILES string of the molecule is CCNC(Cc1cccc(F)c1)C(C)c1ccccc1. The van der Waals surface area contributed by atoms with Crippen molar-refractivity contribution < 1.29 is 4.39 Å². The van der Waals surface area contributed by atoms with Crippen molar-refractivity contribution >= 4 is 0 Å². The van der Waals surface area contributed by atoms with Gasteiger partial charge in [-0.1, -0.05) is 56.3 Å². The third kappa shape index (κ3) is 3.91. The summed E-state index contributed by atoms with van der Waals surface area (Å²) in [7, 11) is 0. The highest BCUT2D eigenvalue weighted by Crippen LogP contribution is 2.22. The number of hydrogen-bond acceptors (Lipinski definition) is 1. The molecule has 0 fully saturated rings. The van der Waals surface area contributed by atoms with Crippen molar-refractivity contribution in [2.45, 2.75) is 32.2 Å². The Balaban J connectivity index is 2.14. The molecule has 1 nitrogen and oxygen atoms in total. The molecule has 2 unspecified atom stereocenters. The number of rotatable bonds is 6. The summed E-state index contributed by atoms with van der Waals surface area (Å²) in [4.78, 5) is 0. The normalized spacial score (nSPS) is 13.9. The maximum atomic E-state index is 13.3. The standard InChI is InChI=1S/C18H22FN/c1-3-20-18(13-15-8-7-11-17(19)12-15)14(2)16-9-5-4-6-10-16/h4-12,14,18,20H,3,13H2,1-2H3. The first-order chi connectivity index (χ1) is 9.70. The van der Waals surface area contributed by atoms with Crippen LogP contribution in [0.2, 0.25) is 0 Å². The minimum atomic E-state index is -0.162. The fourth-order valence-corrected chi connectivity index (χ4v) is 2.59. The number of likely N-dealkylation sites (N-methyl/N-ethyl adjacent to an activating group) is 1. The predicted molar refractivity (Wildman–Crippen MR) is 82.4 cm³/mol. The van der Waals surface area contributed by atoms with Gasteiger partial charge in [0.1, 0.15) is 5.82 Å². The van der Waals surface area contributed by atoms with E-state index in [4.69, 9.17) is 0 Å². The molecule has 0 amide bonds. The Hall–Kier alpha value is -1.67. The van der Waals surface area contributed by atoms with Crippen LogP contribution >= 0.6 is 0 Å². The molecule has 20 heavy (non-hydrogen) atoms. The molecule has 2 aromatic carbocycles. The molecule has 1 N–H and O–H groups in total.